The lowest BCUT2D eigenvalue weighted by Crippen LogP contribution is -2.43. The molecule has 0 aliphatic carbocycles. The molecule has 0 aromatic heterocycles. The van der Waals surface area contributed by atoms with Gasteiger partial charge in [-0.3, -0.25) is 4.79 Å². The van der Waals surface area contributed by atoms with E-state index in [1.165, 1.54) is 11.4 Å². The van der Waals surface area contributed by atoms with Gasteiger partial charge in [-0.05, 0) is 32.9 Å². The molecule has 0 saturated carbocycles. The first-order chi connectivity index (χ1) is 8.74. The predicted octanol–water partition coefficient (Wildman–Crippen LogP) is -0.856. The van der Waals surface area contributed by atoms with Crippen molar-refractivity contribution >= 4 is 16.0 Å². The first-order valence-electron chi connectivity index (χ1n) is 6.36. The molecule has 19 heavy (non-hydrogen) atoms. The molecule has 0 bridgehead atoms. The van der Waals surface area contributed by atoms with Crippen molar-refractivity contribution in [1.29, 1.82) is 0 Å². The molecule has 1 rings (SSSR count). The second kappa shape index (κ2) is 6.65. The molecule has 7 nitrogen and oxygen atoms in total. The van der Waals surface area contributed by atoms with Crippen LogP contribution < -0.4 is 5.73 Å². The van der Waals surface area contributed by atoms with E-state index < -0.39 is 27.8 Å². The number of aliphatic carboxylic acids is 1. The Morgan fingerprint density at radius 3 is 2.68 bits per heavy atom. The van der Waals surface area contributed by atoms with E-state index in [2.05, 4.69) is 4.90 Å². The summed E-state index contributed by atoms with van der Waals surface area (Å²) in [6, 6.07) is -0.965. The molecular formula is C11H23N3O4S. The lowest BCUT2D eigenvalue weighted by Gasteiger charge is -2.23. The van der Waals surface area contributed by atoms with Gasteiger partial charge in [0.25, 0.3) is 0 Å². The molecule has 112 valence electrons. The van der Waals surface area contributed by atoms with E-state index in [1.807, 2.05) is 7.05 Å². The first kappa shape index (κ1) is 16.4. The molecule has 1 saturated heterocycles. The van der Waals surface area contributed by atoms with E-state index in [0.29, 0.717) is 12.6 Å². The second-order valence-corrected chi connectivity index (χ2v) is 7.23. The maximum atomic E-state index is 11.9. The zero-order chi connectivity index (χ0) is 14.6. The van der Waals surface area contributed by atoms with Crippen molar-refractivity contribution in [2.45, 2.75) is 31.3 Å². The number of sulfonamides is 1. The lowest BCUT2D eigenvalue weighted by atomic mass is 10.1. The van der Waals surface area contributed by atoms with Crippen LogP contribution in [-0.2, 0) is 14.8 Å². The van der Waals surface area contributed by atoms with Crippen molar-refractivity contribution in [3.63, 3.8) is 0 Å². The molecule has 0 aromatic carbocycles. The lowest BCUT2D eigenvalue weighted by molar-refractivity contribution is -0.137. The molecule has 8 heteroatoms. The van der Waals surface area contributed by atoms with Crippen molar-refractivity contribution in [3.05, 3.63) is 0 Å². The number of hydrogen-bond acceptors (Lipinski definition) is 5. The first-order valence-corrected chi connectivity index (χ1v) is 7.97. The molecular weight excluding hydrogens is 270 g/mol. The van der Waals surface area contributed by atoms with E-state index in [0.717, 1.165) is 25.8 Å². The smallest absolute Gasteiger partial charge is 0.321 e. The summed E-state index contributed by atoms with van der Waals surface area (Å²) in [4.78, 5) is 12.8. The van der Waals surface area contributed by atoms with Gasteiger partial charge in [0, 0.05) is 19.6 Å². The van der Waals surface area contributed by atoms with Gasteiger partial charge < -0.3 is 15.7 Å². The molecule has 0 spiro atoms. The Bertz CT molecular complexity index is 412. The van der Waals surface area contributed by atoms with Crippen LogP contribution in [0.4, 0.5) is 0 Å². The van der Waals surface area contributed by atoms with Gasteiger partial charge in [0.15, 0.2) is 0 Å². The molecule has 0 amide bonds. The highest BCUT2D eigenvalue weighted by atomic mass is 32.2. The Labute approximate surface area is 114 Å². The Balaban J connectivity index is 2.47. The molecule has 0 radical (unpaired) electrons. The third-order valence-corrected chi connectivity index (χ3v) is 5.54. The second-order valence-electron chi connectivity index (χ2n) is 5.11. The highest BCUT2D eigenvalue weighted by Gasteiger charge is 2.27. The van der Waals surface area contributed by atoms with Gasteiger partial charge in [-0.2, -0.15) is 0 Å². The fourth-order valence-electron chi connectivity index (χ4n) is 2.24. The molecule has 2 atom stereocenters. The minimum absolute atomic E-state index is 0.393. The van der Waals surface area contributed by atoms with Crippen LogP contribution in [0, 0.1) is 0 Å². The Morgan fingerprint density at radius 2 is 2.21 bits per heavy atom. The normalized spacial score (nSPS) is 22.8. The van der Waals surface area contributed by atoms with Crippen LogP contribution in [0.5, 0.6) is 0 Å². The van der Waals surface area contributed by atoms with Crippen LogP contribution in [0.15, 0.2) is 0 Å². The number of likely N-dealkylation sites (tertiary alicyclic amines) is 1. The van der Waals surface area contributed by atoms with E-state index in [1.54, 1.807) is 0 Å². The van der Waals surface area contributed by atoms with Gasteiger partial charge in [0.1, 0.15) is 6.04 Å². The van der Waals surface area contributed by atoms with Gasteiger partial charge in [0.2, 0.25) is 10.0 Å². The van der Waals surface area contributed by atoms with Crippen LogP contribution >= 0.6 is 0 Å². The molecule has 1 unspecified atom stereocenters. The molecule has 1 fully saturated rings. The minimum atomic E-state index is -3.60. The van der Waals surface area contributed by atoms with Gasteiger partial charge >= 0.3 is 5.97 Å². The zero-order valence-corrected chi connectivity index (χ0v) is 12.3. The number of nitrogens with zero attached hydrogens (tertiary/aromatic N) is 2. The monoisotopic (exact) mass is 293 g/mol. The molecule has 3 N–H and O–H groups in total. The SMILES string of the molecule is CN1CCCC1CCN(C)S(=O)(=O)C[C@H](N)C(=O)O. The maximum Gasteiger partial charge on any atom is 0.321 e. The van der Waals surface area contributed by atoms with Gasteiger partial charge in [-0.15, -0.1) is 0 Å². The summed E-state index contributed by atoms with van der Waals surface area (Å²) in [5, 5.41) is 8.65. The summed E-state index contributed by atoms with van der Waals surface area (Å²) in [6.07, 6.45) is 2.98. The summed E-state index contributed by atoms with van der Waals surface area (Å²) >= 11 is 0. The highest BCUT2D eigenvalue weighted by molar-refractivity contribution is 7.89. The summed E-state index contributed by atoms with van der Waals surface area (Å²) in [7, 11) is -0.0994. The van der Waals surface area contributed by atoms with Gasteiger partial charge in [-0.1, -0.05) is 0 Å². The minimum Gasteiger partial charge on any atom is -0.480 e. The number of hydrogen-bond donors (Lipinski definition) is 2. The third kappa shape index (κ3) is 4.72. The Hall–Kier alpha value is -0.700. The van der Waals surface area contributed by atoms with Crippen LogP contribution in [0.2, 0.25) is 0 Å². The topological polar surface area (TPSA) is 104 Å². The van der Waals surface area contributed by atoms with Crippen molar-refractivity contribution < 1.29 is 18.3 Å². The molecule has 1 aliphatic rings. The fourth-order valence-corrected chi connectivity index (χ4v) is 3.47. The molecule has 1 heterocycles. The number of rotatable bonds is 7. The number of nitrogens with two attached hydrogens (primary N) is 1. The average Bonchev–Trinajstić information content (AvgIpc) is 2.71. The largest absolute Gasteiger partial charge is 0.480 e. The third-order valence-electron chi connectivity index (χ3n) is 3.63. The number of carboxylic acids is 1. The van der Waals surface area contributed by atoms with Crippen LogP contribution in [0.3, 0.4) is 0 Å². The van der Waals surface area contributed by atoms with Crippen LogP contribution in [0.1, 0.15) is 19.3 Å². The van der Waals surface area contributed by atoms with E-state index in [9.17, 15) is 13.2 Å². The summed E-state index contributed by atoms with van der Waals surface area (Å²) in [6.45, 7) is 1.44. The van der Waals surface area contributed by atoms with E-state index in [-0.39, 0.29) is 0 Å². The molecule has 0 aromatic rings. The highest BCUT2D eigenvalue weighted by Crippen LogP contribution is 2.18. The van der Waals surface area contributed by atoms with Gasteiger partial charge in [0.05, 0.1) is 5.75 Å². The zero-order valence-electron chi connectivity index (χ0n) is 11.4. The number of carbonyl (C=O) groups is 1. The van der Waals surface area contributed by atoms with Gasteiger partial charge in [-0.25, -0.2) is 12.7 Å². The molecule has 1 aliphatic heterocycles. The van der Waals surface area contributed by atoms with E-state index >= 15 is 0 Å². The van der Waals surface area contributed by atoms with Crippen LogP contribution in [-0.4, -0.2) is 73.7 Å². The fraction of sp³-hybridized carbons (Fsp3) is 0.909. The number of carboxylic acid groups (broad SMARTS) is 1. The van der Waals surface area contributed by atoms with Crippen molar-refractivity contribution in [2.24, 2.45) is 5.73 Å². The van der Waals surface area contributed by atoms with Crippen LogP contribution in [0.25, 0.3) is 0 Å². The average molecular weight is 293 g/mol. The van der Waals surface area contributed by atoms with Crippen molar-refractivity contribution in [1.82, 2.24) is 9.21 Å². The quantitative estimate of drug-likeness (QED) is 0.633. The summed E-state index contributed by atoms with van der Waals surface area (Å²) in [5.74, 6) is -1.85. The predicted molar refractivity (Wildman–Crippen MR) is 72.3 cm³/mol. The Kier molecular flexibility index (Phi) is 5.72. The van der Waals surface area contributed by atoms with Crippen molar-refractivity contribution in [2.75, 3.05) is 32.9 Å². The standard InChI is InChI=1S/C11H23N3O4S/c1-13-6-3-4-9(13)5-7-14(2)19(17,18)8-10(12)11(15)16/h9-10H,3-8,12H2,1-2H3,(H,15,16)/t9?,10-/m0/s1. The Morgan fingerprint density at radius 1 is 1.58 bits per heavy atom. The summed E-state index contributed by atoms with van der Waals surface area (Å²) < 4.78 is 25.0. The maximum absolute atomic E-state index is 11.9. The van der Waals surface area contributed by atoms with E-state index in [4.69, 9.17) is 10.8 Å². The summed E-state index contributed by atoms with van der Waals surface area (Å²) in [5.41, 5.74) is 5.27. The van der Waals surface area contributed by atoms with Crippen molar-refractivity contribution in [3.8, 4) is 0 Å².